The highest BCUT2D eigenvalue weighted by atomic mass is 35.5. The van der Waals surface area contributed by atoms with Crippen molar-refractivity contribution in [1.29, 1.82) is 0 Å². The first-order valence-electron chi connectivity index (χ1n) is 8.19. The fourth-order valence-electron chi connectivity index (χ4n) is 2.97. The summed E-state index contributed by atoms with van der Waals surface area (Å²) in [6.07, 6.45) is 2.24. The van der Waals surface area contributed by atoms with Crippen LogP contribution in [-0.4, -0.2) is 31.6 Å². The van der Waals surface area contributed by atoms with Crippen LogP contribution < -0.4 is 15.0 Å². The van der Waals surface area contributed by atoms with Crippen LogP contribution in [0.3, 0.4) is 0 Å². The van der Waals surface area contributed by atoms with Gasteiger partial charge >= 0.3 is 0 Å². The Morgan fingerprint density at radius 1 is 1.17 bits per heavy atom. The van der Waals surface area contributed by atoms with Crippen LogP contribution in [0.25, 0.3) is 0 Å². The molecule has 0 aliphatic carbocycles. The van der Waals surface area contributed by atoms with Gasteiger partial charge in [-0.1, -0.05) is 29.8 Å². The summed E-state index contributed by atoms with van der Waals surface area (Å²) in [6.45, 7) is 1.68. The van der Waals surface area contributed by atoms with Crippen LogP contribution in [-0.2, 0) is 4.79 Å². The Bertz CT molecular complexity index is 661. The zero-order valence-electron chi connectivity index (χ0n) is 13.5. The van der Waals surface area contributed by atoms with Gasteiger partial charge in [0.15, 0.2) is 6.61 Å². The molecule has 0 spiro atoms. The molecule has 0 unspecified atom stereocenters. The van der Waals surface area contributed by atoms with Crippen molar-refractivity contribution in [2.75, 3.05) is 24.6 Å². The molecule has 2 aromatic carbocycles. The van der Waals surface area contributed by atoms with E-state index in [-0.39, 0.29) is 12.5 Å². The lowest BCUT2D eigenvalue weighted by Crippen LogP contribution is -2.41. The molecule has 1 heterocycles. The number of carbonyl (C=O) groups is 1. The molecular weight excluding hydrogens is 324 g/mol. The fourth-order valence-corrected chi connectivity index (χ4v) is 3.10. The summed E-state index contributed by atoms with van der Waals surface area (Å²) < 4.78 is 5.47. The number of benzene rings is 2. The van der Waals surface area contributed by atoms with Crippen LogP contribution in [0.4, 0.5) is 5.69 Å². The molecule has 1 atom stereocenters. The van der Waals surface area contributed by atoms with E-state index in [1.54, 1.807) is 24.3 Å². The molecule has 4 nitrogen and oxygen atoms in total. The zero-order chi connectivity index (χ0) is 16.8. The van der Waals surface area contributed by atoms with E-state index in [9.17, 15) is 4.79 Å². The summed E-state index contributed by atoms with van der Waals surface area (Å²) >= 11 is 5.82. The number of ether oxygens (including phenoxy) is 1. The number of para-hydroxylation sites is 1. The number of rotatable bonds is 6. The van der Waals surface area contributed by atoms with E-state index < -0.39 is 0 Å². The van der Waals surface area contributed by atoms with Crippen molar-refractivity contribution in [3.05, 3.63) is 59.6 Å². The average Bonchev–Trinajstić information content (AvgIpc) is 3.09. The lowest BCUT2D eigenvalue weighted by molar-refractivity contribution is -0.123. The number of nitrogens with zero attached hydrogens (tertiary/aromatic N) is 1. The van der Waals surface area contributed by atoms with E-state index in [0.717, 1.165) is 19.4 Å². The van der Waals surface area contributed by atoms with Gasteiger partial charge in [-0.15, -0.1) is 0 Å². The molecule has 1 N–H and O–H groups in total. The Morgan fingerprint density at radius 3 is 2.67 bits per heavy atom. The predicted molar refractivity (Wildman–Crippen MR) is 96.8 cm³/mol. The average molecular weight is 345 g/mol. The zero-order valence-corrected chi connectivity index (χ0v) is 14.2. The van der Waals surface area contributed by atoms with E-state index in [1.165, 1.54) is 5.69 Å². The molecule has 126 valence electrons. The molecule has 0 saturated carbocycles. The molecule has 24 heavy (non-hydrogen) atoms. The van der Waals surface area contributed by atoms with Crippen molar-refractivity contribution in [3.8, 4) is 5.75 Å². The van der Waals surface area contributed by atoms with Crippen LogP contribution in [0.15, 0.2) is 54.6 Å². The number of amides is 1. The van der Waals surface area contributed by atoms with Gasteiger partial charge in [0.05, 0.1) is 0 Å². The maximum atomic E-state index is 12.0. The minimum Gasteiger partial charge on any atom is -0.484 e. The molecule has 3 rings (SSSR count). The summed E-state index contributed by atoms with van der Waals surface area (Å²) in [7, 11) is 0. The van der Waals surface area contributed by atoms with Crippen molar-refractivity contribution in [3.63, 3.8) is 0 Å². The van der Waals surface area contributed by atoms with Gasteiger partial charge in [0.2, 0.25) is 0 Å². The maximum Gasteiger partial charge on any atom is 0.258 e. The highest BCUT2D eigenvalue weighted by Gasteiger charge is 2.24. The lowest BCUT2D eigenvalue weighted by Gasteiger charge is -2.27. The normalized spacial score (nSPS) is 16.9. The van der Waals surface area contributed by atoms with Crippen molar-refractivity contribution in [1.82, 2.24) is 5.32 Å². The van der Waals surface area contributed by atoms with Crippen molar-refractivity contribution >= 4 is 23.2 Å². The summed E-state index contributed by atoms with van der Waals surface area (Å²) in [5.74, 6) is 0.534. The Balaban J connectivity index is 1.46. The SMILES string of the molecule is O=C(COc1ccc(Cl)cc1)NC[C@@H]1CCCN1c1ccccc1. The topological polar surface area (TPSA) is 41.6 Å². The minimum absolute atomic E-state index is 0.0136. The Kier molecular flexibility index (Phi) is 5.59. The van der Waals surface area contributed by atoms with Crippen molar-refractivity contribution < 1.29 is 9.53 Å². The van der Waals surface area contributed by atoms with Crippen LogP contribution in [0.5, 0.6) is 5.75 Å². The molecule has 0 radical (unpaired) electrons. The smallest absolute Gasteiger partial charge is 0.258 e. The molecule has 1 amide bonds. The van der Waals surface area contributed by atoms with Gasteiger partial charge in [0.25, 0.3) is 5.91 Å². The van der Waals surface area contributed by atoms with Crippen LogP contribution >= 0.6 is 11.6 Å². The lowest BCUT2D eigenvalue weighted by atomic mass is 10.2. The van der Waals surface area contributed by atoms with Gasteiger partial charge in [-0.2, -0.15) is 0 Å². The standard InChI is InChI=1S/C19H21ClN2O2/c20-15-8-10-18(11-9-15)24-14-19(23)21-13-17-7-4-12-22(17)16-5-2-1-3-6-16/h1-3,5-6,8-11,17H,4,7,12-14H2,(H,21,23)/t17-/m0/s1. The first-order chi connectivity index (χ1) is 11.7. The van der Waals surface area contributed by atoms with Crippen molar-refractivity contribution in [2.24, 2.45) is 0 Å². The van der Waals surface area contributed by atoms with Gasteiger partial charge in [0, 0.05) is 29.8 Å². The largest absolute Gasteiger partial charge is 0.484 e. The molecule has 1 aliphatic rings. The van der Waals surface area contributed by atoms with E-state index >= 15 is 0 Å². The molecule has 0 aromatic heterocycles. The number of nitrogens with one attached hydrogen (secondary N) is 1. The monoisotopic (exact) mass is 344 g/mol. The van der Waals surface area contributed by atoms with E-state index in [4.69, 9.17) is 16.3 Å². The maximum absolute atomic E-state index is 12.0. The summed E-state index contributed by atoms with van der Waals surface area (Å²) in [4.78, 5) is 14.4. The Hall–Kier alpha value is -2.20. The fraction of sp³-hybridized carbons (Fsp3) is 0.316. The quantitative estimate of drug-likeness (QED) is 0.872. The van der Waals surface area contributed by atoms with Gasteiger partial charge in [-0.05, 0) is 49.2 Å². The van der Waals surface area contributed by atoms with Gasteiger partial charge in [-0.3, -0.25) is 4.79 Å². The summed E-state index contributed by atoms with van der Waals surface area (Å²) in [5, 5.41) is 3.62. The molecule has 1 aliphatic heterocycles. The van der Waals surface area contributed by atoms with Crippen LogP contribution in [0, 0.1) is 0 Å². The number of hydrogen-bond acceptors (Lipinski definition) is 3. The van der Waals surface area contributed by atoms with Crippen LogP contribution in [0.1, 0.15) is 12.8 Å². The molecule has 1 saturated heterocycles. The van der Waals surface area contributed by atoms with Crippen molar-refractivity contribution in [2.45, 2.75) is 18.9 Å². The molecule has 1 fully saturated rings. The number of hydrogen-bond donors (Lipinski definition) is 1. The summed E-state index contributed by atoms with van der Waals surface area (Å²) in [5.41, 5.74) is 1.21. The van der Waals surface area contributed by atoms with Crippen LogP contribution in [0.2, 0.25) is 5.02 Å². The van der Waals surface area contributed by atoms with E-state index in [1.807, 2.05) is 18.2 Å². The first kappa shape index (κ1) is 16.7. The number of halogens is 1. The molecular formula is C19H21ClN2O2. The van der Waals surface area contributed by atoms with E-state index in [0.29, 0.717) is 23.4 Å². The second-order valence-electron chi connectivity index (χ2n) is 5.87. The Morgan fingerprint density at radius 2 is 1.92 bits per heavy atom. The number of carbonyl (C=O) groups excluding carboxylic acids is 1. The molecule has 0 bridgehead atoms. The second kappa shape index (κ2) is 8.06. The third-order valence-corrected chi connectivity index (χ3v) is 4.44. The number of anilines is 1. The van der Waals surface area contributed by atoms with Gasteiger partial charge < -0.3 is 15.0 Å². The Labute approximate surface area is 147 Å². The first-order valence-corrected chi connectivity index (χ1v) is 8.57. The molecule has 2 aromatic rings. The van der Waals surface area contributed by atoms with E-state index in [2.05, 4.69) is 22.3 Å². The highest BCUT2D eigenvalue weighted by Crippen LogP contribution is 2.24. The minimum atomic E-state index is -0.107. The predicted octanol–water partition coefficient (Wildman–Crippen LogP) is 3.50. The third kappa shape index (κ3) is 4.42. The van der Waals surface area contributed by atoms with Gasteiger partial charge in [0.1, 0.15) is 5.75 Å². The third-order valence-electron chi connectivity index (χ3n) is 4.18. The van der Waals surface area contributed by atoms with Gasteiger partial charge in [-0.25, -0.2) is 0 Å². The molecule has 5 heteroatoms. The summed E-state index contributed by atoms with van der Waals surface area (Å²) in [6, 6.07) is 17.7. The second-order valence-corrected chi connectivity index (χ2v) is 6.31. The highest BCUT2D eigenvalue weighted by molar-refractivity contribution is 6.30.